The van der Waals surface area contributed by atoms with Gasteiger partial charge in [-0.2, -0.15) is 4.98 Å². The number of hydrogen-bond acceptors (Lipinski definition) is 6. The highest BCUT2D eigenvalue weighted by molar-refractivity contribution is 9.10. The topological polar surface area (TPSA) is 85.7 Å². The molecule has 2 aromatic rings. The van der Waals surface area contributed by atoms with Gasteiger partial charge in [0, 0.05) is 37.3 Å². The Hall–Kier alpha value is -2.53. The molecule has 0 unspecified atom stereocenters. The van der Waals surface area contributed by atoms with Gasteiger partial charge >= 0.3 is 12.1 Å². The highest BCUT2D eigenvalue weighted by Crippen LogP contribution is 2.26. The summed E-state index contributed by atoms with van der Waals surface area (Å²) in [6.45, 7) is 4.63. The number of carbonyl (C=O) groups excluding carboxylic acids is 1. The second kappa shape index (κ2) is 9.73. The van der Waals surface area contributed by atoms with E-state index in [2.05, 4.69) is 26.2 Å². The first-order chi connectivity index (χ1) is 14.7. The molecule has 0 saturated carbocycles. The van der Waals surface area contributed by atoms with Crippen molar-refractivity contribution in [3.8, 4) is 11.9 Å². The maximum absolute atomic E-state index is 13.9. The molecule has 0 aliphatic carbocycles. The number of carbonyl (C=O) groups is 1. The van der Waals surface area contributed by atoms with Gasteiger partial charge < -0.3 is 19.7 Å². The van der Waals surface area contributed by atoms with E-state index in [0.717, 1.165) is 25.1 Å². The van der Waals surface area contributed by atoms with Gasteiger partial charge in [-0.3, -0.25) is 9.36 Å². The molecule has 1 aromatic heterocycles. The summed E-state index contributed by atoms with van der Waals surface area (Å²) in [7, 11) is 1.62. The monoisotopic (exact) mass is 500 g/mol. The second-order valence-electron chi connectivity index (χ2n) is 7.43. The zero-order chi connectivity index (χ0) is 22.7. The van der Waals surface area contributed by atoms with Crippen LogP contribution in [0.4, 0.5) is 13.6 Å². The zero-order valence-electron chi connectivity index (χ0n) is 17.3. The third kappa shape index (κ3) is 5.21. The van der Waals surface area contributed by atoms with Crippen LogP contribution in [-0.2, 0) is 6.61 Å². The Balaban J connectivity index is 1.87. The summed E-state index contributed by atoms with van der Waals surface area (Å²) in [6, 6.07) is 2.45. The van der Waals surface area contributed by atoms with E-state index in [1.54, 1.807) is 20.9 Å². The van der Waals surface area contributed by atoms with E-state index in [4.69, 9.17) is 9.47 Å². The van der Waals surface area contributed by atoms with Gasteiger partial charge in [-0.05, 0) is 54.9 Å². The van der Waals surface area contributed by atoms with Crippen LogP contribution in [0.15, 0.2) is 27.5 Å². The van der Waals surface area contributed by atoms with E-state index in [1.165, 1.54) is 15.5 Å². The quantitative estimate of drug-likeness (QED) is 0.655. The fraction of sp³-hybridized carbons (Fsp3) is 0.450. The molecule has 11 heteroatoms. The summed E-state index contributed by atoms with van der Waals surface area (Å²) in [5.74, 6) is -1.67. The molecule has 1 N–H and O–H groups in total. The molecule has 1 aromatic carbocycles. The molecule has 1 aliphatic heterocycles. The molecule has 2 heterocycles. The van der Waals surface area contributed by atoms with Crippen LogP contribution in [0, 0.1) is 11.6 Å². The van der Waals surface area contributed by atoms with Crippen LogP contribution in [0.2, 0.25) is 0 Å². The van der Waals surface area contributed by atoms with E-state index in [0.29, 0.717) is 6.54 Å². The van der Waals surface area contributed by atoms with Crippen LogP contribution in [0.1, 0.15) is 31.9 Å². The van der Waals surface area contributed by atoms with Gasteiger partial charge in [0.15, 0.2) is 0 Å². The average molecular weight is 501 g/mol. The number of benzene rings is 1. The van der Waals surface area contributed by atoms with Crippen molar-refractivity contribution in [1.29, 1.82) is 0 Å². The molecular formula is C20H23BrF2N4O4. The van der Waals surface area contributed by atoms with Gasteiger partial charge in [0.2, 0.25) is 5.88 Å². The fourth-order valence-corrected chi connectivity index (χ4v) is 3.55. The lowest BCUT2D eigenvalue weighted by Gasteiger charge is -2.24. The molecule has 0 bridgehead atoms. The lowest BCUT2D eigenvalue weighted by molar-refractivity contribution is 0.140. The molecule has 1 atom stereocenters. The molecule has 31 heavy (non-hydrogen) atoms. The summed E-state index contributed by atoms with van der Waals surface area (Å²) in [6.07, 6.45) is 0.126. The van der Waals surface area contributed by atoms with Gasteiger partial charge in [0.25, 0.3) is 5.56 Å². The summed E-state index contributed by atoms with van der Waals surface area (Å²) < 4.78 is 39.1. The van der Waals surface area contributed by atoms with E-state index in [-0.39, 0.29) is 40.6 Å². The summed E-state index contributed by atoms with van der Waals surface area (Å²) in [5, 5.41) is 3.17. The van der Waals surface area contributed by atoms with Crippen molar-refractivity contribution in [1.82, 2.24) is 19.8 Å². The van der Waals surface area contributed by atoms with E-state index in [9.17, 15) is 18.4 Å². The predicted molar refractivity (Wildman–Crippen MR) is 112 cm³/mol. The van der Waals surface area contributed by atoms with Gasteiger partial charge in [0.1, 0.15) is 22.7 Å². The van der Waals surface area contributed by atoms with E-state index < -0.39 is 23.3 Å². The van der Waals surface area contributed by atoms with Gasteiger partial charge in [-0.25, -0.2) is 13.6 Å². The number of nitrogens with one attached hydrogen (secondary N) is 1. The summed E-state index contributed by atoms with van der Waals surface area (Å²) >= 11 is 3.15. The molecule has 3 rings (SSSR count). The van der Waals surface area contributed by atoms with Crippen molar-refractivity contribution >= 4 is 22.0 Å². The zero-order valence-corrected chi connectivity index (χ0v) is 18.9. The first kappa shape index (κ1) is 23.1. The molecule has 1 aliphatic rings. The van der Waals surface area contributed by atoms with E-state index in [1.807, 2.05) is 0 Å². The Kier molecular flexibility index (Phi) is 7.26. The maximum Gasteiger partial charge on any atom is 0.417 e. The van der Waals surface area contributed by atoms with Crippen LogP contribution in [0.5, 0.6) is 11.9 Å². The molecule has 0 spiro atoms. The Morgan fingerprint density at radius 1 is 1.42 bits per heavy atom. The number of halogens is 3. The minimum Gasteiger partial charge on any atom is -0.472 e. The molecular weight excluding hydrogens is 478 g/mol. The van der Waals surface area contributed by atoms with Crippen molar-refractivity contribution in [3.05, 3.63) is 50.2 Å². The predicted octanol–water partition coefficient (Wildman–Crippen LogP) is 3.24. The van der Waals surface area contributed by atoms with Gasteiger partial charge in [0.05, 0.1) is 0 Å². The molecule has 168 valence electrons. The van der Waals surface area contributed by atoms with Crippen LogP contribution in [0.3, 0.4) is 0 Å². The van der Waals surface area contributed by atoms with Crippen LogP contribution in [-0.4, -0.2) is 46.7 Å². The van der Waals surface area contributed by atoms with Crippen molar-refractivity contribution in [2.75, 3.05) is 20.1 Å². The Labute approximate surface area is 186 Å². The number of likely N-dealkylation sites (N-methyl/N-ethyl adjacent to an activating group) is 1. The molecule has 1 fully saturated rings. The van der Waals surface area contributed by atoms with Crippen molar-refractivity contribution in [2.45, 2.75) is 39.0 Å². The highest BCUT2D eigenvalue weighted by Gasteiger charge is 2.27. The SMILES string of the molecule is CC(C)n1c(OC(=O)N(C)[C@@H]2CCNC2)nc(OCc2ccc(F)cc2F)c(Br)c1=O. The highest BCUT2D eigenvalue weighted by atomic mass is 79.9. The number of nitrogens with zero attached hydrogens (tertiary/aromatic N) is 3. The van der Waals surface area contributed by atoms with E-state index >= 15 is 0 Å². The Bertz CT molecular complexity index is 1020. The van der Waals surface area contributed by atoms with Crippen molar-refractivity contribution < 1.29 is 23.0 Å². The Morgan fingerprint density at radius 2 is 2.16 bits per heavy atom. The van der Waals surface area contributed by atoms with Crippen LogP contribution in [0.25, 0.3) is 0 Å². The minimum atomic E-state index is -0.787. The lowest BCUT2D eigenvalue weighted by atomic mass is 10.2. The van der Waals surface area contributed by atoms with Crippen LogP contribution < -0.4 is 20.3 Å². The summed E-state index contributed by atoms with van der Waals surface area (Å²) in [4.78, 5) is 31.1. The van der Waals surface area contributed by atoms with Gasteiger partial charge in [-0.15, -0.1) is 0 Å². The van der Waals surface area contributed by atoms with Gasteiger partial charge in [-0.1, -0.05) is 0 Å². The first-order valence-corrected chi connectivity index (χ1v) is 10.5. The fourth-order valence-electron chi connectivity index (χ4n) is 3.15. The standard InChI is InChI=1S/C20H23BrF2N4O4/c1-11(2)27-18(28)16(21)17(30-10-12-4-5-13(22)8-15(12)23)25-19(27)31-20(29)26(3)14-6-7-24-9-14/h4-5,8,11,14,24H,6-7,9-10H2,1-3H3/t14-/m1/s1. The Morgan fingerprint density at radius 3 is 2.77 bits per heavy atom. The second-order valence-corrected chi connectivity index (χ2v) is 8.23. The largest absolute Gasteiger partial charge is 0.472 e. The maximum atomic E-state index is 13.9. The number of hydrogen-bond donors (Lipinski definition) is 1. The minimum absolute atomic E-state index is 0.00290. The molecule has 1 amide bonds. The third-order valence-electron chi connectivity index (χ3n) is 4.94. The van der Waals surface area contributed by atoms with Crippen molar-refractivity contribution in [3.63, 3.8) is 0 Å². The smallest absolute Gasteiger partial charge is 0.417 e. The molecule has 0 radical (unpaired) electrons. The molecule has 8 nitrogen and oxygen atoms in total. The number of rotatable bonds is 6. The third-order valence-corrected chi connectivity index (χ3v) is 5.62. The first-order valence-electron chi connectivity index (χ1n) is 9.73. The van der Waals surface area contributed by atoms with Crippen molar-refractivity contribution in [2.24, 2.45) is 0 Å². The lowest BCUT2D eigenvalue weighted by Crippen LogP contribution is -2.41. The number of ether oxygens (including phenoxy) is 2. The molecule has 1 saturated heterocycles. The number of aromatic nitrogens is 2. The average Bonchev–Trinajstić information content (AvgIpc) is 3.24. The normalized spacial score (nSPS) is 15.9. The summed E-state index contributed by atoms with van der Waals surface area (Å²) in [5.41, 5.74) is -0.442. The van der Waals surface area contributed by atoms with Crippen LogP contribution >= 0.6 is 15.9 Å². The number of amides is 1.